The third-order valence-corrected chi connectivity index (χ3v) is 12.3. The summed E-state index contributed by atoms with van der Waals surface area (Å²) >= 11 is 0. The van der Waals surface area contributed by atoms with Gasteiger partial charge in [-0.3, -0.25) is 9.55 Å². The summed E-state index contributed by atoms with van der Waals surface area (Å²) in [5.74, 6) is -2.27. The number of aromatic hydroxyl groups is 1. The molecule has 0 amide bonds. The molecule has 0 aliphatic carbocycles. The van der Waals surface area contributed by atoms with E-state index in [1.807, 2.05) is 96.1 Å². The van der Waals surface area contributed by atoms with Crippen LogP contribution in [-0.2, 0) is 21.7 Å². The first-order valence-corrected chi connectivity index (χ1v) is 22.3. The van der Waals surface area contributed by atoms with Gasteiger partial charge in [0.1, 0.15) is 11.6 Å². The summed E-state index contributed by atoms with van der Waals surface area (Å²) in [6, 6.07) is 30.4. The fourth-order valence-electron chi connectivity index (χ4n) is 8.80. The maximum atomic E-state index is 13.2. The Balaban J connectivity index is 1.51. The lowest BCUT2D eigenvalue weighted by Gasteiger charge is -2.28. The SMILES string of the molecule is [2H]c1c([2H])c([2H])c(-c2ccnc(-c3cc(-c4cccc5c4nc(-c4cc(C(C([2H])([2H])[2H])(C([2H])([2H])[2H])C([2H])([2H])[2H])cc(C(C([2H])([2H])[2H])(C([2H])([2H])[2H])C([2H])([2H])[2H])c4O)n5-c4ccc(-c5c(-c6ccccc6)cccc5C(C)(C)C)cc4C([2H])([2H])[2H])cc(C(C)(C)C)c3)c2)c([2H])c1[2H]. The molecule has 0 atom stereocenters. The summed E-state index contributed by atoms with van der Waals surface area (Å²) in [5, 5.41) is 13.2. The van der Waals surface area contributed by atoms with Crippen molar-refractivity contribution in [2.75, 3.05) is 0 Å². The molecule has 9 rings (SSSR count). The lowest BCUT2D eigenvalue weighted by molar-refractivity contribution is 0.446. The highest BCUT2D eigenvalue weighted by Crippen LogP contribution is 2.47. The van der Waals surface area contributed by atoms with Crippen LogP contribution in [0.2, 0.25) is 0 Å². The second-order valence-electron chi connectivity index (χ2n) is 19.4. The van der Waals surface area contributed by atoms with Crippen LogP contribution in [-0.4, -0.2) is 19.6 Å². The molecule has 0 unspecified atom stereocenters. The highest BCUT2D eigenvalue weighted by atomic mass is 16.3. The molecule has 0 saturated carbocycles. The molecule has 348 valence electrons. The van der Waals surface area contributed by atoms with Gasteiger partial charge < -0.3 is 5.11 Å². The number of hydrogen-bond acceptors (Lipinski definition) is 3. The van der Waals surface area contributed by atoms with Gasteiger partial charge in [-0.2, -0.15) is 0 Å². The number of nitrogens with zero attached hydrogens (tertiary/aromatic N) is 3. The first-order valence-electron chi connectivity index (χ1n) is 35.3. The fourth-order valence-corrected chi connectivity index (χ4v) is 8.80. The van der Waals surface area contributed by atoms with E-state index in [2.05, 4.69) is 4.98 Å². The zero-order valence-corrected chi connectivity index (χ0v) is 39.0. The molecule has 0 spiro atoms. The van der Waals surface area contributed by atoms with Crippen LogP contribution in [0.1, 0.15) is 146 Å². The topological polar surface area (TPSA) is 50.9 Å². The van der Waals surface area contributed by atoms with Gasteiger partial charge in [-0.15, -0.1) is 0 Å². The van der Waals surface area contributed by atoms with E-state index in [9.17, 15) is 9.22 Å². The van der Waals surface area contributed by atoms with Gasteiger partial charge >= 0.3 is 0 Å². The summed E-state index contributed by atoms with van der Waals surface area (Å²) in [6.45, 7) is -16.8. The maximum Gasteiger partial charge on any atom is 0.149 e. The Morgan fingerprint density at radius 3 is 1.94 bits per heavy atom. The number of para-hydroxylation sites is 1. The largest absolute Gasteiger partial charge is 0.507 e. The van der Waals surface area contributed by atoms with Crippen molar-refractivity contribution in [3.8, 4) is 78.6 Å². The molecule has 4 nitrogen and oxygen atoms in total. The van der Waals surface area contributed by atoms with Crippen LogP contribution in [0.5, 0.6) is 5.75 Å². The molecule has 4 heteroatoms. The molecule has 69 heavy (non-hydrogen) atoms. The maximum absolute atomic E-state index is 13.2. The zero-order chi connectivity index (χ0) is 71.1. The first-order chi connectivity index (χ1) is 43.4. The molecule has 0 aliphatic heterocycles. The molecule has 0 bridgehead atoms. The molecule has 0 aliphatic rings. The predicted molar refractivity (Wildman–Crippen MR) is 293 cm³/mol. The Kier molecular flexibility index (Phi) is 6.34. The Morgan fingerprint density at radius 2 is 1.23 bits per heavy atom. The van der Waals surface area contributed by atoms with Crippen LogP contribution in [0, 0.1) is 6.85 Å². The van der Waals surface area contributed by atoms with Crippen LogP contribution in [0.25, 0.3) is 83.9 Å². The molecule has 1 N–H and O–H groups in total. The van der Waals surface area contributed by atoms with Gasteiger partial charge in [-0.1, -0.05) is 192 Å². The minimum Gasteiger partial charge on any atom is -0.507 e. The van der Waals surface area contributed by atoms with E-state index >= 15 is 0 Å². The van der Waals surface area contributed by atoms with E-state index < -0.39 is 134 Å². The van der Waals surface area contributed by atoms with E-state index in [4.69, 9.17) is 36.5 Å². The third kappa shape index (κ3) is 9.18. The van der Waals surface area contributed by atoms with E-state index in [-0.39, 0.29) is 45.2 Å². The smallest absolute Gasteiger partial charge is 0.149 e. The first kappa shape index (κ1) is 25.0. The number of benzene rings is 7. The van der Waals surface area contributed by atoms with Crippen LogP contribution in [0.15, 0.2) is 164 Å². The summed E-state index contributed by atoms with van der Waals surface area (Å²) in [7, 11) is 0. The number of aryl methyl sites for hydroxylation is 1. The van der Waals surface area contributed by atoms with Crippen molar-refractivity contribution in [3.63, 3.8) is 0 Å². The van der Waals surface area contributed by atoms with Crippen LogP contribution < -0.4 is 0 Å². The van der Waals surface area contributed by atoms with Gasteiger partial charge in [0.15, 0.2) is 0 Å². The second-order valence-corrected chi connectivity index (χ2v) is 19.4. The number of aromatic nitrogens is 3. The van der Waals surface area contributed by atoms with Crippen molar-refractivity contribution in [2.24, 2.45) is 0 Å². The standard InChI is InChI=1S/C65H67N3O/c1-41-34-45(58-50(43-24-18-15-19-25-43)26-20-28-53(58)64(8,9)10)30-31-56(41)68-57-29-21-27-51(59(57)67-61(68)52-39-49(63(5,6)7)40-54(60(52)69)65(11,12)13)46-35-47(37-48(36-46)62(2,3)4)55-38-44(32-33-66-55)42-22-16-14-17-23-42/h14-40,69H,1-13H3/i1D3,5D3,6D3,7D3,11D3,12D3,13D3,14D,16D,17D,22D,23D. The molecule has 0 saturated heterocycles. The van der Waals surface area contributed by atoms with Gasteiger partial charge in [-0.25, -0.2) is 4.98 Å². The van der Waals surface area contributed by atoms with Crippen molar-refractivity contribution >= 4 is 11.0 Å². The Morgan fingerprint density at radius 1 is 0.522 bits per heavy atom. The number of phenolic OH excluding ortho intramolecular Hbond substituents is 1. The van der Waals surface area contributed by atoms with Gasteiger partial charge in [-0.05, 0) is 138 Å². The highest BCUT2D eigenvalue weighted by Gasteiger charge is 2.30. The van der Waals surface area contributed by atoms with Gasteiger partial charge in [0.2, 0.25) is 0 Å². The van der Waals surface area contributed by atoms with Crippen LogP contribution in [0.3, 0.4) is 0 Å². The molecule has 2 heterocycles. The zero-order valence-electron chi connectivity index (χ0n) is 65.0. The van der Waals surface area contributed by atoms with Crippen molar-refractivity contribution in [2.45, 2.75) is 111 Å². The van der Waals surface area contributed by atoms with Crippen molar-refractivity contribution in [3.05, 3.63) is 192 Å². The number of phenols is 1. The third-order valence-electron chi connectivity index (χ3n) is 12.3. The van der Waals surface area contributed by atoms with E-state index in [0.29, 0.717) is 39.4 Å². The normalized spacial score (nSPS) is 19.3. The molecule has 2 aromatic heterocycles. The fraction of sp³-hybridized carbons (Fsp3) is 0.262. The lowest BCUT2D eigenvalue weighted by atomic mass is 9.78. The lowest BCUT2D eigenvalue weighted by Crippen LogP contribution is -2.17. The number of pyridine rings is 1. The Bertz CT molecular complexity index is 4370. The van der Waals surface area contributed by atoms with E-state index in [0.717, 1.165) is 15.7 Å². The number of fused-ring (bicyclic) bond motifs is 1. The van der Waals surface area contributed by atoms with E-state index in [1.165, 1.54) is 30.5 Å². The number of imidazole rings is 1. The molecule has 0 fully saturated rings. The number of hydrogen-bond donors (Lipinski definition) is 1. The van der Waals surface area contributed by atoms with Gasteiger partial charge in [0, 0.05) is 51.7 Å². The predicted octanol–water partition coefficient (Wildman–Crippen LogP) is 17.6. The summed E-state index contributed by atoms with van der Waals surface area (Å²) < 4.78 is 231. The average Bonchev–Trinajstić information content (AvgIpc) is 1.27. The molecule has 7 aromatic carbocycles. The van der Waals surface area contributed by atoms with Crippen molar-refractivity contribution < 1.29 is 40.7 Å². The average molecular weight is 932 g/mol. The van der Waals surface area contributed by atoms with Crippen LogP contribution in [0.4, 0.5) is 0 Å². The Labute approximate surface area is 447 Å². The van der Waals surface area contributed by atoms with Crippen LogP contribution >= 0.6 is 0 Å². The monoisotopic (exact) mass is 932 g/mol. The molecule has 0 radical (unpaired) electrons. The quantitative estimate of drug-likeness (QED) is 0.173. The molecular formula is C65H67N3O. The van der Waals surface area contributed by atoms with Crippen molar-refractivity contribution in [1.82, 2.24) is 14.5 Å². The van der Waals surface area contributed by atoms with Gasteiger partial charge in [0.05, 0.1) is 34.8 Å². The molecular weight excluding hydrogens is 839 g/mol. The summed E-state index contributed by atoms with van der Waals surface area (Å²) in [4.78, 5) is 9.73. The van der Waals surface area contributed by atoms with Gasteiger partial charge in [0.25, 0.3) is 0 Å². The van der Waals surface area contributed by atoms with E-state index in [1.54, 1.807) is 36.4 Å². The minimum atomic E-state index is -4.30. The Hall–Kier alpha value is -7.04. The molecule has 9 aromatic rings. The highest BCUT2D eigenvalue weighted by molar-refractivity contribution is 5.97. The van der Waals surface area contributed by atoms with Crippen molar-refractivity contribution in [1.29, 1.82) is 0 Å². The minimum absolute atomic E-state index is 0.0476. The second kappa shape index (κ2) is 17.5. The summed E-state index contributed by atoms with van der Waals surface area (Å²) in [5.41, 5.74) is -9.32. The number of rotatable bonds is 7. The summed E-state index contributed by atoms with van der Waals surface area (Å²) in [6.07, 6.45) is 1.40.